The van der Waals surface area contributed by atoms with Crippen LogP contribution < -0.4 is 20.7 Å². The second-order valence-electron chi connectivity index (χ2n) is 10.0. The summed E-state index contributed by atoms with van der Waals surface area (Å²) in [4.78, 5) is 18.1. The van der Waals surface area contributed by atoms with Gasteiger partial charge in [0.05, 0.1) is 27.7 Å². The average Bonchev–Trinajstić information content (AvgIpc) is 3.52. The third kappa shape index (κ3) is 4.94. The predicted octanol–water partition coefficient (Wildman–Crippen LogP) is 4.45. The Balaban J connectivity index is 1.49. The minimum atomic E-state index is -0.563. The van der Waals surface area contributed by atoms with Gasteiger partial charge in [-0.05, 0) is 38.6 Å². The number of likely N-dealkylation sites (tertiary alicyclic amines) is 1. The van der Waals surface area contributed by atoms with Crippen LogP contribution in [0.3, 0.4) is 0 Å². The monoisotopic (exact) mass is 566 g/mol. The van der Waals surface area contributed by atoms with Crippen molar-refractivity contribution < 1.29 is 9.13 Å². The van der Waals surface area contributed by atoms with Crippen LogP contribution in [0.5, 0.6) is 6.01 Å². The van der Waals surface area contributed by atoms with Crippen molar-refractivity contribution >= 4 is 55.0 Å². The number of fused-ring (bicyclic) bond motifs is 2. The molecule has 3 N–H and O–H groups in total. The Labute approximate surface area is 234 Å². The van der Waals surface area contributed by atoms with Gasteiger partial charge in [-0.2, -0.15) is 15.2 Å². The van der Waals surface area contributed by atoms with Crippen LogP contribution in [0.4, 0.5) is 15.3 Å². The van der Waals surface area contributed by atoms with Crippen LogP contribution in [0, 0.1) is 17.1 Å². The fourth-order valence-corrected chi connectivity index (χ4v) is 6.56. The first-order chi connectivity index (χ1) is 18.9. The van der Waals surface area contributed by atoms with Crippen LogP contribution in [-0.4, -0.2) is 71.8 Å². The quantitative estimate of drug-likeness (QED) is 0.349. The fourth-order valence-electron chi connectivity index (χ4n) is 5.51. The van der Waals surface area contributed by atoms with Crippen molar-refractivity contribution in [1.82, 2.24) is 25.2 Å². The lowest BCUT2D eigenvalue weighted by molar-refractivity contribution is 0.188. The number of hydrogen-bond acceptors (Lipinski definition) is 10. The van der Waals surface area contributed by atoms with Gasteiger partial charge in [-0.15, -0.1) is 0 Å². The Morgan fingerprint density at radius 3 is 2.95 bits per heavy atom. The molecule has 39 heavy (non-hydrogen) atoms. The molecule has 0 saturated carbocycles. The topological polar surface area (TPSA) is 116 Å². The molecule has 4 aromatic rings. The zero-order chi connectivity index (χ0) is 27.1. The molecule has 0 unspecified atom stereocenters. The highest BCUT2D eigenvalue weighted by Crippen LogP contribution is 2.42. The first-order valence-corrected chi connectivity index (χ1v) is 14.2. The minimum absolute atomic E-state index is 0.0300. The molecule has 6 rings (SSSR count). The Kier molecular flexibility index (Phi) is 7.12. The van der Waals surface area contributed by atoms with E-state index >= 15 is 4.39 Å². The third-order valence-corrected chi connectivity index (χ3v) is 8.66. The highest BCUT2D eigenvalue weighted by molar-refractivity contribution is 7.22. The van der Waals surface area contributed by atoms with Crippen molar-refractivity contribution in [3.63, 3.8) is 0 Å². The van der Waals surface area contributed by atoms with Crippen molar-refractivity contribution in [1.29, 1.82) is 5.26 Å². The number of aromatic nitrogens is 3. The fraction of sp³-hybridized carbons (Fsp3) is 0.407. The molecular formula is C27H28ClFN8OS. The number of nitrogen functional groups attached to an aromatic ring is 1. The second-order valence-corrected chi connectivity index (χ2v) is 11.5. The molecule has 9 nitrogen and oxygen atoms in total. The van der Waals surface area contributed by atoms with E-state index in [-0.39, 0.29) is 34.2 Å². The van der Waals surface area contributed by atoms with Crippen LogP contribution in [0.1, 0.15) is 19.3 Å². The van der Waals surface area contributed by atoms with Crippen LogP contribution in [0.25, 0.3) is 32.2 Å². The molecule has 2 aliphatic rings. The maximum Gasteiger partial charge on any atom is 0.319 e. The number of benzene rings is 2. The van der Waals surface area contributed by atoms with Gasteiger partial charge in [0.15, 0.2) is 10.9 Å². The first-order valence-electron chi connectivity index (χ1n) is 13.0. The number of nitrogens with one attached hydrogen (secondary N) is 1. The number of piperazine rings is 1. The number of nitrogens with zero attached hydrogens (tertiary/aromatic N) is 6. The summed E-state index contributed by atoms with van der Waals surface area (Å²) >= 11 is 8.12. The molecule has 2 aliphatic heterocycles. The molecular weight excluding hydrogens is 539 g/mol. The van der Waals surface area contributed by atoms with Crippen LogP contribution in [0.2, 0.25) is 5.02 Å². The maximum atomic E-state index is 16.5. The van der Waals surface area contributed by atoms with Gasteiger partial charge >= 0.3 is 6.01 Å². The Morgan fingerprint density at radius 2 is 2.15 bits per heavy atom. The molecule has 2 aromatic heterocycles. The van der Waals surface area contributed by atoms with E-state index in [1.165, 1.54) is 11.3 Å². The van der Waals surface area contributed by atoms with E-state index in [2.05, 4.69) is 33.3 Å². The molecule has 0 spiro atoms. The molecule has 0 bridgehead atoms. The van der Waals surface area contributed by atoms with Gasteiger partial charge in [-0.3, -0.25) is 0 Å². The normalized spacial score (nSPS) is 20.1. The number of halogens is 2. The van der Waals surface area contributed by atoms with Gasteiger partial charge in [0.1, 0.15) is 17.9 Å². The van der Waals surface area contributed by atoms with Gasteiger partial charge in [0.2, 0.25) is 0 Å². The van der Waals surface area contributed by atoms with Crippen molar-refractivity contribution in [2.75, 3.05) is 50.5 Å². The van der Waals surface area contributed by atoms with Gasteiger partial charge in [-0.1, -0.05) is 35.1 Å². The number of anilines is 2. The molecule has 2 saturated heterocycles. The number of thiazole rings is 1. The summed E-state index contributed by atoms with van der Waals surface area (Å²) in [5, 5.41) is 13.7. The lowest BCUT2D eigenvalue weighted by atomic mass is 10.0. The maximum absolute atomic E-state index is 16.5. The van der Waals surface area contributed by atoms with Crippen molar-refractivity contribution in [3.8, 4) is 23.2 Å². The number of para-hydroxylation sites is 1. The van der Waals surface area contributed by atoms with Gasteiger partial charge in [0.25, 0.3) is 0 Å². The smallest absolute Gasteiger partial charge is 0.319 e. The van der Waals surface area contributed by atoms with Crippen LogP contribution in [0.15, 0.2) is 24.3 Å². The lowest BCUT2D eigenvalue weighted by Crippen LogP contribution is -2.51. The summed E-state index contributed by atoms with van der Waals surface area (Å²) in [6.07, 6.45) is 2.50. The van der Waals surface area contributed by atoms with Crippen molar-refractivity contribution in [2.45, 2.75) is 31.3 Å². The molecule has 2 atom stereocenters. The van der Waals surface area contributed by atoms with E-state index in [0.29, 0.717) is 60.1 Å². The summed E-state index contributed by atoms with van der Waals surface area (Å²) in [5.41, 5.74) is 7.46. The van der Waals surface area contributed by atoms with Crippen LogP contribution >= 0.6 is 22.9 Å². The Bertz CT molecular complexity index is 1590. The van der Waals surface area contributed by atoms with Gasteiger partial charge in [0, 0.05) is 48.2 Å². The lowest BCUT2D eigenvalue weighted by Gasteiger charge is -2.34. The zero-order valence-corrected chi connectivity index (χ0v) is 23.0. The number of likely N-dealkylation sites (N-methyl/N-ethyl adjacent to an activating group) is 1. The van der Waals surface area contributed by atoms with E-state index in [1.54, 1.807) is 12.1 Å². The third-order valence-electron chi connectivity index (χ3n) is 7.52. The molecule has 2 fully saturated rings. The Morgan fingerprint density at radius 1 is 1.28 bits per heavy atom. The summed E-state index contributed by atoms with van der Waals surface area (Å²) < 4.78 is 23.4. The number of hydrogen-bond donors (Lipinski definition) is 2. The van der Waals surface area contributed by atoms with E-state index in [0.717, 1.165) is 24.1 Å². The molecule has 12 heteroatoms. The molecule has 0 amide bonds. The minimum Gasteiger partial charge on any atom is -0.462 e. The highest BCUT2D eigenvalue weighted by atomic mass is 35.5. The number of nitriles is 1. The number of ether oxygens (including phenoxy) is 1. The molecule has 0 aliphatic carbocycles. The summed E-state index contributed by atoms with van der Waals surface area (Å²) in [6.45, 7) is 3.28. The molecule has 4 heterocycles. The highest BCUT2D eigenvalue weighted by Gasteiger charge is 2.28. The summed E-state index contributed by atoms with van der Waals surface area (Å²) in [7, 11) is 2.07. The predicted molar refractivity (Wildman–Crippen MR) is 153 cm³/mol. The molecule has 202 valence electrons. The zero-order valence-electron chi connectivity index (χ0n) is 21.5. The number of nitrogens with two attached hydrogens (primary N) is 1. The second kappa shape index (κ2) is 10.7. The largest absolute Gasteiger partial charge is 0.462 e. The van der Waals surface area contributed by atoms with Gasteiger partial charge in [-0.25, -0.2) is 9.37 Å². The van der Waals surface area contributed by atoms with Crippen molar-refractivity contribution in [2.24, 2.45) is 0 Å². The molecule has 0 radical (unpaired) electrons. The average molecular weight is 567 g/mol. The molecule has 2 aromatic carbocycles. The summed E-state index contributed by atoms with van der Waals surface area (Å²) in [6, 6.07) is 9.81. The van der Waals surface area contributed by atoms with Gasteiger partial charge < -0.3 is 25.6 Å². The van der Waals surface area contributed by atoms with Crippen LogP contribution in [-0.2, 0) is 0 Å². The first kappa shape index (κ1) is 26.0. The summed E-state index contributed by atoms with van der Waals surface area (Å²) in [5.74, 6) is -0.0190. The van der Waals surface area contributed by atoms with E-state index in [9.17, 15) is 5.26 Å². The van der Waals surface area contributed by atoms with E-state index in [1.807, 2.05) is 17.0 Å². The Hall–Kier alpha value is -3.30. The SMILES string of the molecule is CN1CCC[C@H]1COc1nc(N2CCN[C@@H](CC#N)C2)c2cc(Cl)c(-c3cccc4sc(N)nc34)c(F)c2n1. The van der Waals surface area contributed by atoms with E-state index < -0.39 is 5.82 Å². The number of rotatable bonds is 6. The standard InChI is InChI=1S/C27H28ClFN8OS/c1-36-10-3-4-16(36)14-38-27-34-24-18(25(35-27)37-11-9-32-15(13-37)7-8-30)12-19(28)21(22(24)29)17-5-2-6-20-23(17)33-26(31)39-20/h2,5-6,12,15-16,32H,3-4,7,9-11,13-14H2,1H3,(H2,31,33)/t15-,16-/m0/s1. The van der Waals surface area contributed by atoms with Crippen molar-refractivity contribution in [3.05, 3.63) is 35.1 Å². The van der Waals surface area contributed by atoms with E-state index in [4.69, 9.17) is 27.1 Å².